The number of halogens is 6. The average molecular weight is 600 g/mol. The Bertz CT molecular complexity index is 1360. The van der Waals surface area contributed by atoms with Crippen LogP contribution in [-0.2, 0) is 17.5 Å². The zero-order valence-electron chi connectivity index (χ0n) is 22.3. The van der Waals surface area contributed by atoms with Gasteiger partial charge in [0.15, 0.2) is 6.61 Å². The van der Waals surface area contributed by atoms with Gasteiger partial charge in [-0.1, -0.05) is 18.2 Å². The van der Waals surface area contributed by atoms with Crippen molar-refractivity contribution in [1.29, 1.82) is 0 Å². The van der Waals surface area contributed by atoms with Gasteiger partial charge in [0, 0.05) is 44.1 Å². The summed E-state index contributed by atoms with van der Waals surface area (Å²) in [6.07, 6.45) is -9.63. The van der Waals surface area contributed by atoms with Gasteiger partial charge in [-0.3, -0.25) is 0 Å². The van der Waals surface area contributed by atoms with Gasteiger partial charge in [-0.25, -0.2) is 4.79 Å². The minimum atomic E-state index is -4.67. The van der Waals surface area contributed by atoms with Crippen LogP contribution in [0, 0.1) is 0 Å². The summed E-state index contributed by atoms with van der Waals surface area (Å²) in [6.45, 7) is 2.69. The molecular formula is C26H27F6N7O3. The number of amides is 1. The molecule has 10 nitrogen and oxygen atoms in total. The number of alkyl halides is 6. The maximum absolute atomic E-state index is 13.1. The van der Waals surface area contributed by atoms with E-state index in [1.165, 1.54) is 6.07 Å². The SMILES string of the molecule is CCOC(=O)N1CCN(c2cccc(CNc3nc(Nc4cccc(C(F)(F)F)c4)nc(OCC(F)(F)F)n3)c2)CC1. The highest BCUT2D eigenvalue weighted by molar-refractivity contribution is 5.68. The lowest BCUT2D eigenvalue weighted by atomic mass is 10.1. The fourth-order valence-electron chi connectivity index (χ4n) is 4.01. The van der Waals surface area contributed by atoms with E-state index in [1.807, 2.05) is 24.3 Å². The Hall–Kier alpha value is -4.50. The highest BCUT2D eigenvalue weighted by Gasteiger charge is 2.31. The van der Waals surface area contributed by atoms with Crippen LogP contribution in [0.1, 0.15) is 18.1 Å². The first kappa shape index (κ1) is 30.5. The molecule has 42 heavy (non-hydrogen) atoms. The molecule has 1 amide bonds. The molecule has 0 radical (unpaired) electrons. The molecule has 0 unspecified atom stereocenters. The lowest BCUT2D eigenvalue weighted by molar-refractivity contribution is -0.154. The van der Waals surface area contributed by atoms with Crippen LogP contribution >= 0.6 is 0 Å². The van der Waals surface area contributed by atoms with Crippen LogP contribution in [0.15, 0.2) is 48.5 Å². The third kappa shape index (κ3) is 8.75. The van der Waals surface area contributed by atoms with Gasteiger partial charge in [0.2, 0.25) is 11.9 Å². The van der Waals surface area contributed by atoms with Gasteiger partial charge in [0.25, 0.3) is 0 Å². The van der Waals surface area contributed by atoms with E-state index in [1.54, 1.807) is 11.8 Å². The first-order chi connectivity index (χ1) is 19.9. The van der Waals surface area contributed by atoms with Crippen LogP contribution in [0.5, 0.6) is 6.01 Å². The van der Waals surface area contributed by atoms with Crippen molar-refractivity contribution < 1.29 is 40.6 Å². The minimum absolute atomic E-state index is 0.0421. The molecule has 0 bridgehead atoms. The first-order valence-corrected chi connectivity index (χ1v) is 12.8. The number of hydrogen-bond donors (Lipinski definition) is 2. The number of carbonyl (C=O) groups excluding carboxylic acids is 1. The number of nitrogens with zero attached hydrogens (tertiary/aromatic N) is 5. The molecule has 1 saturated heterocycles. The topological polar surface area (TPSA) is 105 Å². The van der Waals surface area contributed by atoms with Crippen LogP contribution in [0.2, 0.25) is 0 Å². The zero-order chi connectivity index (χ0) is 30.3. The van der Waals surface area contributed by atoms with Crippen molar-refractivity contribution in [3.63, 3.8) is 0 Å². The number of anilines is 4. The van der Waals surface area contributed by atoms with Crippen molar-refractivity contribution in [2.75, 3.05) is 54.9 Å². The fourth-order valence-corrected chi connectivity index (χ4v) is 4.01. The van der Waals surface area contributed by atoms with Crippen molar-refractivity contribution in [2.45, 2.75) is 25.8 Å². The van der Waals surface area contributed by atoms with Gasteiger partial charge in [0.1, 0.15) is 0 Å². The van der Waals surface area contributed by atoms with E-state index < -0.39 is 30.5 Å². The zero-order valence-corrected chi connectivity index (χ0v) is 22.3. The van der Waals surface area contributed by atoms with Gasteiger partial charge in [-0.15, -0.1) is 0 Å². The second-order valence-electron chi connectivity index (χ2n) is 9.07. The maximum Gasteiger partial charge on any atom is 0.422 e. The number of ether oxygens (including phenoxy) is 2. The third-order valence-corrected chi connectivity index (χ3v) is 5.96. The second kappa shape index (κ2) is 13.0. The van der Waals surface area contributed by atoms with E-state index in [2.05, 4.69) is 35.2 Å². The number of carbonyl (C=O) groups is 1. The Morgan fingerprint density at radius 2 is 1.64 bits per heavy atom. The normalized spacial score (nSPS) is 14.0. The van der Waals surface area contributed by atoms with Crippen LogP contribution < -0.4 is 20.3 Å². The van der Waals surface area contributed by atoms with Gasteiger partial charge in [-0.05, 0) is 42.8 Å². The lowest BCUT2D eigenvalue weighted by Crippen LogP contribution is -2.49. The number of piperazine rings is 1. The summed E-state index contributed by atoms with van der Waals surface area (Å²) in [5.74, 6) is -0.484. The van der Waals surface area contributed by atoms with Crippen molar-refractivity contribution in [2.24, 2.45) is 0 Å². The molecule has 2 aromatic carbocycles. The Balaban J connectivity index is 1.47. The van der Waals surface area contributed by atoms with E-state index >= 15 is 0 Å². The molecule has 2 heterocycles. The highest BCUT2D eigenvalue weighted by Crippen LogP contribution is 2.31. The molecule has 16 heteroatoms. The second-order valence-corrected chi connectivity index (χ2v) is 9.07. The summed E-state index contributed by atoms with van der Waals surface area (Å²) >= 11 is 0. The summed E-state index contributed by atoms with van der Waals surface area (Å²) < 4.78 is 87.2. The predicted octanol–water partition coefficient (Wildman–Crippen LogP) is 5.47. The van der Waals surface area contributed by atoms with E-state index in [0.29, 0.717) is 32.8 Å². The van der Waals surface area contributed by atoms with Crippen molar-refractivity contribution in [3.8, 4) is 6.01 Å². The van der Waals surface area contributed by atoms with Crippen molar-refractivity contribution in [1.82, 2.24) is 19.9 Å². The standard InChI is InChI=1S/C26H27F6N7O3/c1-2-41-24(40)39-11-9-38(10-12-39)20-8-3-5-17(13-20)15-33-21-35-22(37-23(36-21)42-16-25(27,28)29)34-19-7-4-6-18(14-19)26(30,31)32/h3-8,13-14H,2,9-12,15-16H2,1H3,(H2,33,34,35,36,37). The summed E-state index contributed by atoms with van der Waals surface area (Å²) in [7, 11) is 0. The quantitative estimate of drug-likeness (QED) is 0.310. The molecule has 0 atom stereocenters. The number of hydrogen-bond acceptors (Lipinski definition) is 9. The number of nitrogens with one attached hydrogen (secondary N) is 2. The number of aromatic nitrogens is 3. The van der Waals surface area contributed by atoms with Gasteiger partial charge in [0.05, 0.1) is 12.2 Å². The summed E-state index contributed by atoms with van der Waals surface area (Å²) in [4.78, 5) is 27.4. The Kier molecular flexibility index (Phi) is 9.42. The first-order valence-electron chi connectivity index (χ1n) is 12.8. The van der Waals surface area contributed by atoms with Gasteiger partial charge < -0.3 is 29.9 Å². The molecule has 1 aromatic heterocycles. The van der Waals surface area contributed by atoms with Crippen molar-refractivity contribution >= 4 is 29.4 Å². The Morgan fingerprint density at radius 3 is 2.33 bits per heavy atom. The predicted molar refractivity (Wildman–Crippen MR) is 141 cm³/mol. The van der Waals surface area contributed by atoms with Gasteiger partial charge >= 0.3 is 24.5 Å². The lowest BCUT2D eigenvalue weighted by Gasteiger charge is -2.35. The largest absolute Gasteiger partial charge is 0.454 e. The molecule has 1 aliphatic heterocycles. The van der Waals surface area contributed by atoms with Crippen LogP contribution in [0.3, 0.4) is 0 Å². The maximum atomic E-state index is 13.1. The monoisotopic (exact) mass is 599 g/mol. The van der Waals surface area contributed by atoms with Crippen molar-refractivity contribution in [3.05, 3.63) is 59.7 Å². The van der Waals surface area contributed by atoms with E-state index in [-0.39, 0.29) is 30.2 Å². The molecular weight excluding hydrogens is 572 g/mol. The van der Waals surface area contributed by atoms with E-state index in [4.69, 9.17) is 4.74 Å². The van der Waals surface area contributed by atoms with E-state index in [9.17, 15) is 31.1 Å². The molecule has 1 fully saturated rings. The average Bonchev–Trinajstić information content (AvgIpc) is 2.95. The smallest absolute Gasteiger partial charge is 0.422 e. The molecule has 1 aliphatic rings. The molecule has 2 N–H and O–H groups in total. The Morgan fingerprint density at radius 1 is 0.929 bits per heavy atom. The van der Waals surface area contributed by atoms with Crippen LogP contribution in [-0.4, -0.2) is 71.5 Å². The van der Waals surface area contributed by atoms with Gasteiger partial charge in [-0.2, -0.15) is 41.3 Å². The third-order valence-electron chi connectivity index (χ3n) is 5.96. The fraction of sp³-hybridized carbons (Fsp3) is 0.385. The summed E-state index contributed by atoms with van der Waals surface area (Å²) in [5.41, 5.74) is 0.704. The molecule has 0 saturated carbocycles. The molecule has 4 rings (SSSR count). The van der Waals surface area contributed by atoms with E-state index in [0.717, 1.165) is 29.4 Å². The molecule has 3 aromatic rings. The highest BCUT2D eigenvalue weighted by atomic mass is 19.4. The molecule has 226 valence electrons. The minimum Gasteiger partial charge on any atom is -0.454 e. The summed E-state index contributed by atoms with van der Waals surface area (Å²) in [6, 6.07) is 10.9. The Labute approximate surface area is 236 Å². The number of benzene rings is 2. The number of rotatable bonds is 9. The summed E-state index contributed by atoms with van der Waals surface area (Å²) in [5, 5.41) is 5.45. The molecule has 0 spiro atoms. The molecule has 0 aliphatic carbocycles. The van der Waals surface area contributed by atoms with Crippen LogP contribution in [0.25, 0.3) is 0 Å². The van der Waals surface area contributed by atoms with Crippen LogP contribution in [0.4, 0.5) is 54.4 Å².